The Kier molecular flexibility index (Phi) is 7.25. The second-order valence-electron chi connectivity index (χ2n) is 10.9. The van der Waals surface area contributed by atoms with E-state index in [0.29, 0.717) is 42.0 Å². The zero-order valence-electron chi connectivity index (χ0n) is 19.6. The second-order valence-corrected chi connectivity index (χ2v) is 10.9. The molecule has 0 aromatic rings. The molecule has 6 atom stereocenters. The molecule has 4 aliphatic carbocycles. The van der Waals surface area contributed by atoms with E-state index in [2.05, 4.69) is 6.92 Å². The topological polar surface area (TPSA) is 107 Å². The smallest absolute Gasteiger partial charge is 0.344 e. The number of carbonyl (C=O) groups is 4. The van der Waals surface area contributed by atoms with E-state index in [-0.39, 0.29) is 12.8 Å². The van der Waals surface area contributed by atoms with Gasteiger partial charge in [0.2, 0.25) is 0 Å². The number of rotatable bonds is 8. The van der Waals surface area contributed by atoms with Crippen LogP contribution in [0.1, 0.15) is 77.6 Å². The Morgan fingerprint density at radius 3 is 2.67 bits per heavy atom. The van der Waals surface area contributed by atoms with E-state index < -0.39 is 24.5 Å². The van der Waals surface area contributed by atoms with Crippen LogP contribution in [0.25, 0.3) is 0 Å². The van der Waals surface area contributed by atoms with Crippen LogP contribution >= 0.6 is 0 Å². The fourth-order valence-corrected chi connectivity index (χ4v) is 7.41. The van der Waals surface area contributed by atoms with Crippen molar-refractivity contribution in [2.24, 2.45) is 35.0 Å². The molecule has 0 amide bonds. The number of ketones is 1. The first-order chi connectivity index (χ1) is 15.7. The van der Waals surface area contributed by atoms with Crippen LogP contribution in [0.4, 0.5) is 0 Å². The Morgan fingerprint density at radius 2 is 1.88 bits per heavy atom. The fourth-order valence-electron chi connectivity index (χ4n) is 7.41. The lowest BCUT2D eigenvalue weighted by molar-refractivity contribution is -0.159. The average Bonchev–Trinajstić information content (AvgIpc) is 3.12. The van der Waals surface area contributed by atoms with Crippen LogP contribution in [0.3, 0.4) is 0 Å². The monoisotopic (exact) mass is 460 g/mol. The maximum Gasteiger partial charge on any atom is 0.344 e. The number of fused-ring (bicyclic) bond motifs is 5. The lowest BCUT2D eigenvalue weighted by atomic mass is 9.52. The van der Waals surface area contributed by atoms with Crippen molar-refractivity contribution in [1.29, 1.82) is 0 Å². The Labute approximate surface area is 195 Å². The Morgan fingerprint density at radius 1 is 1.06 bits per heavy atom. The van der Waals surface area contributed by atoms with Crippen molar-refractivity contribution in [2.45, 2.75) is 77.6 Å². The summed E-state index contributed by atoms with van der Waals surface area (Å²) in [4.78, 5) is 45.6. The molecule has 0 unspecified atom stereocenters. The first-order valence-corrected chi connectivity index (χ1v) is 12.5. The van der Waals surface area contributed by atoms with Gasteiger partial charge >= 0.3 is 17.9 Å². The number of carboxylic acid groups (broad SMARTS) is 1. The quantitative estimate of drug-likeness (QED) is 0.544. The molecule has 0 spiro atoms. The van der Waals surface area contributed by atoms with Crippen LogP contribution in [0.2, 0.25) is 0 Å². The van der Waals surface area contributed by atoms with Crippen molar-refractivity contribution < 1.29 is 33.8 Å². The van der Waals surface area contributed by atoms with Gasteiger partial charge in [0, 0.05) is 6.42 Å². The summed E-state index contributed by atoms with van der Waals surface area (Å²) in [6.07, 6.45) is 11.1. The van der Waals surface area contributed by atoms with Crippen molar-refractivity contribution in [3.63, 3.8) is 0 Å². The van der Waals surface area contributed by atoms with Gasteiger partial charge in [-0.2, -0.15) is 0 Å². The number of hydrogen-bond donors (Lipinski definition) is 1. The van der Waals surface area contributed by atoms with Crippen LogP contribution in [-0.2, 0) is 28.7 Å². The van der Waals surface area contributed by atoms with E-state index in [9.17, 15) is 19.2 Å². The molecule has 4 rings (SSSR count). The van der Waals surface area contributed by atoms with Gasteiger partial charge in [0.1, 0.15) is 0 Å². The number of hydrogen-bond acceptors (Lipinski definition) is 6. The lowest BCUT2D eigenvalue weighted by Crippen LogP contribution is -2.44. The van der Waals surface area contributed by atoms with Crippen molar-refractivity contribution in [3.8, 4) is 0 Å². The van der Waals surface area contributed by atoms with Gasteiger partial charge in [0.15, 0.2) is 12.4 Å². The maximum absolute atomic E-state index is 11.9. The molecule has 7 heteroatoms. The van der Waals surface area contributed by atoms with Crippen LogP contribution in [0, 0.1) is 35.0 Å². The molecule has 182 valence electrons. The van der Waals surface area contributed by atoms with Crippen molar-refractivity contribution >= 4 is 23.7 Å². The van der Waals surface area contributed by atoms with E-state index in [1.165, 1.54) is 37.7 Å². The molecule has 3 fully saturated rings. The van der Waals surface area contributed by atoms with Crippen molar-refractivity contribution in [2.75, 3.05) is 13.2 Å². The average molecular weight is 461 g/mol. The van der Waals surface area contributed by atoms with Gasteiger partial charge in [-0.25, -0.2) is 4.79 Å². The number of allylic oxidation sites excluding steroid dienone is 1. The molecule has 33 heavy (non-hydrogen) atoms. The summed E-state index contributed by atoms with van der Waals surface area (Å²) in [5.74, 6) is 1.28. The van der Waals surface area contributed by atoms with E-state index >= 15 is 0 Å². The summed E-state index contributed by atoms with van der Waals surface area (Å²) < 4.78 is 10.1. The van der Waals surface area contributed by atoms with E-state index in [1.54, 1.807) is 0 Å². The summed E-state index contributed by atoms with van der Waals surface area (Å²) >= 11 is 0. The molecule has 0 radical (unpaired) electrons. The molecular weight excluding hydrogens is 424 g/mol. The van der Waals surface area contributed by atoms with Gasteiger partial charge in [-0.05, 0) is 92.4 Å². The molecule has 3 saturated carbocycles. The van der Waals surface area contributed by atoms with Crippen LogP contribution in [0.15, 0.2) is 11.6 Å². The largest absolute Gasteiger partial charge is 0.481 e. The minimum atomic E-state index is -1.08. The van der Waals surface area contributed by atoms with Gasteiger partial charge in [-0.15, -0.1) is 0 Å². The summed E-state index contributed by atoms with van der Waals surface area (Å²) in [5, 5.41) is 8.57. The zero-order valence-corrected chi connectivity index (χ0v) is 19.6. The predicted molar refractivity (Wildman–Crippen MR) is 119 cm³/mol. The zero-order chi connectivity index (χ0) is 23.6. The number of carbonyl (C=O) groups excluding carboxylic acids is 3. The molecule has 0 aromatic heterocycles. The third kappa shape index (κ3) is 5.49. The first-order valence-electron chi connectivity index (χ1n) is 12.5. The van der Waals surface area contributed by atoms with E-state index in [1.807, 2.05) is 6.08 Å². The van der Waals surface area contributed by atoms with Crippen LogP contribution < -0.4 is 0 Å². The maximum atomic E-state index is 11.9. The predicted octanol–water partition coefficient (Wildman–Crippen LogP) is 4.09. The Bertz CT molecular complexity index is 830. The Balaban J connectivity index is 1.23. The molecule has 1 N–H and O–H groups in total. The van der Waals surface area contributed by atoms with Gasteiger partial charge in [-0.3, -0.25) is 14.4 Å². The molecule has 0 saturated heterocycles. The summed E-state index contributed by atoms with van der Waals surface area (Å²) in [5.41, 5.74) is 1.78. The van der Waals surface area contributed by atoms with Gasteiger partial charge in [0.05, 0.1) is 19.4 Å². The highest BCUT2D eigenvalue weighted by Gasteiger charge is 2.54. The summed E-state index contributed by atoms with van der Waals surface area (Å²) in [6, 6.07) is 0. The standard InChI is InChI=1S/C26H36O7/c1-26-10-8-20-19-5-3-18(27)13-17(19)2-4-21(20)22(26)12-16(14-26)9-11-32-25(31)15-33-24(30)7-6-23(28)29/h13,16,19-22H,2-12,14-15H2,1H3,(H,28,29)/t16-,19-,20+,21+,22-,26+/m0/s1. The van der Waals surface area contributed by atoms with Gasteiger partial charge in [0.25, 0.3) is 0 Å². The third-order valence-electron chi connectivity index (χ3n) is 8.84. The molecule has 7 nitrogen and oxygen atoms in total. The van der Waals surface area contributed by atoms with Crippen LogP contribution in [0.5, 0.6) is 0 Å². The highest BCUT2D eigenvalue weighted by Crippen LogP contribution is 2.63. The highest BCUT2D eigenvalue weighted by molar-refractivity contribution is 5.91. The molecule has 4 aliphatic rings. The first kappa shape index (κ1) is 24.0. The second kappa shape index (κ2) is 9.98. The van der Waals surface area contributed by atoms with Crippen LogP contribution in [-0.4, -0.2) is 42.0 Å². The fraction of sp³-hybridized carbons (Fsp3) is 0.769. The number of aliphatic carboxylic acids is 1. The SMILES string of the molecule is C[C@]12CC[C@H]3[C@@H](CCC4=CC(=O)CC[C@@H]43)[C@@H]1C[C@H](CCOC(=O)COC(=O)CCC(=O)O)C2. The summed E-state index contributed by atoms with van der Waals surface area (Å²) in [6.45, 7) is 2.31. The molecular formula is C26H36O7. The number of carboxylic acids is 1. The van der Waals surface area contributed by atoms with Crippen molar-refractivity contribution in [3.05, 3.63) is 11.6 Å². The minimum Gasteiger partial charge on any atom is -0.481 e. The summed E-state index contributed by atoms with van der Waals surface area (Å²) in [7, 11) is 0. The molecule has 0 heterocycles. The number of esters is 2. The number of ether oxygens (including phenoxy) is 2. The van der Waals surface area contributed by atoms with Gasteiger partial charge in [-0.1, -0.05) is 12.5 Å². The van der Waals surface area contributed by atoms with E-state index in [4.69, 9.17) is 14.6 Å². The van der Waals surface area contributed by atoms with E-state index in [0.717, 1.165) is 31.1 Å². The van der Waals surface area contributed by atoms with Crippen molar-refractivity contribution in [1.82, 2.24) is 0 Å². The lowest BCUT2D eigenvalue weighted by Gasteiger charge is -2.52. The minimum absolute atomic E-state index is 0.249. The third-order valence-corrected chi connectivity index (χ3v) is 8.84. The Hall–Kier alpha value is -2.18. The normalized spacial score (nSPS) is 35.0. The molecule has 0 aromatic carbocycles. The highest BCUT2D eigenvalue weighted by atomic mass is 16.6. The molecule has 0 bridgehead atoms. The van der Waals surface area contributed by atoms with Gasteiger partial charge < -0.3 is 14.6 Å². The molecule has 0 aliphatic heterocycles.